The van der Waals surface area contributed by atoms with Crippen LogP contribution >= 0.6 is 19.4 Å². The van der Waals surface area contributed by atoms with Crippen LogP contribution in [0, 0.1) is 0 Å². The molecule has 2 aliphatic rings. The van der Waals surface area contributed by atoms with Crippen LogP contribution in [0.4, 0.5) is 5.82 Å². The minimum atomic E-state index is -3.93. The van der Waals surface area contributed by atoms with Gasteiger partial charge >= 0.3 is 19.5 Å². The zero-order valence-electron chi connectivity index (χ0n) is 16.9. The van der Waals surface area contributed by atoms with Gasteiger partial charge in [0.05, 0.1) is 19.3 Å². The molecule has 11 nitrogen and oxygen atoms in total. The molecule has 1 aromatic rings. The molecule has 0 radical (unpaired) electrons. The Labute approximate surface area is 178 Å². The summed E-state index contributed by atoms with van der Waals surface area (Å²) in [7, 11) is -3.93. The highest BCUT2D eigenvalue weighted by Gasteiger charge is 2.60. The smallest absolute Gasteiger partial charge is 0.463 e. The summed E-state index contributed by atoms with van der Waals surface area (Å²) in [6, 6.07) is 1.44. The highest BCUT2D eigenvalue weighted by Crippen LogP contribution is 2.60. The molecule has 0 bridgehead atoms. The predicted molar refractivity (Wildman–Crippen MR) is 106 cm³/mol. The van der Waals surface area contributed by atoms with Crippen LogP contribution in [0.5, 0.6) is 0 Å². The van der Waals surface area contributed by atoms with E-state index in [2.05, 4.69) is 4.98 Å². The number of hydrogen-bond acceptors (Lipinski definition) is 10. The number of aromatic nitrogens is 2. The van der Waals surface area contributed by atoms with Crippen LogP contribution in [0.15, 0.2) is 17.1 Å². The van der Waals surface area contributed by atoms with Gasteiger partial charge in [0.15, 0.2) is 6.23 Å². The Morgan fingerprint density at radius 3 is 2.93 bits per heavy atom. The van der Waals surface area contributed by atoms with Crippen LogP contribution in [0.25, 0.3) is 0 Å². The second-order valence-corrected chi connectivity index (χ2v) is 9.90. The Kier molecular flexibility index (Phi) is 6.91. The van der Waals surface area contributed by atoms with Gasteiger partial charge < -0.3 is 15.2 Å². The molecule has 0 unspecified atom stereocenters. The van der Waals surface area contributed by atoms with Gasteiger partial charge in [0.25, 0.3) is 0 Å². The summed E-state index contributed by atoms with van der Waals surface area (Å²) in [4.78, 5) is 26.1. The number of ether oxygens (including phenoxy) is 2. The molecule has 30 heavy (non-hydrogen) atoms. The van der Waals surface area contributed by atoms with E-state index >= 15 is 0 Å². The molecule has 2 aliphatic heterocycles. The first-order valence-corrected chi connectivity index (χ1v) is 11.3. The average Bonchev–Trinajstić information content (AvgIpc) is 2.89. The number of nitrogens with zero attached hydrogens (tertiary/aromatic N) is 2. The van der Waals surface area contributed by atoms with Crippen LogP contribution in [-0.2, 0) is 32.4 Å². The number of carbonyl (C=O) groups excluding carboxylic acids is 1. The van der Waals surface area contributed by atoms with Crippen LogP contribution in [0.1, 0.15) is 39.8 Å². The third-order valence-corrected chi connectivity index (χ3v) is 6.42. The summed E-state index contributed by atoms with van der Waals surface area (Å²) >= 11 is 6.67. The number of anilines is 1. The summed E-state index contributed by atoms with van der Waals surface area (Å²) in [6.07, 6.45) is -0.904. The van der Waals surface area contributed by atoms with E-state index in [1.165, 1.54) is 16.8 Å². The monoisotopic (exact) mass is 465 g/mol. The Morgan fingerprint density at radius 2 is 2.27 bits per heavy atom. The molecule has 2 saturated heterocycles. The molecule has 13 heteroatoms. The van der Waals surface area contributed by atoms with Gasteiger partial charge in [-0.15, -0.1) is 11.6 Å². The number of nitrogens with two attached hydrogens (primary N) is 1. The van der Waals surface area contributed by atoms with E-state index in [9.17, 15) is 14.2 Å². The maximum atomic E-state index is 12.8. The summed E-state index contributed by atoms with van der Waals surface area (Å²) in [5.74, 6) is -0.307. The van der Waals surface area contributed by atoms with E-state index in [-0.39, 0.29) is 43.9 Å². The predicted octanol–water partition coefficient (Wildman–Crippen LogP) is 1.99. The van der Waals surface area contributed by atoms with Crippen molar-refractivity contribution in [1.82, 2.24) is 9.55 Å². The molecule has 3 heterocycles. The van der Waals surface area contributed by atoms with Crippen molar-refractivity contribution in [2.45, 2.75) is 63.0 Å². The number of halogens is 1. The Morgan fingerprint density at radius 1 is 1.53 bits per heavy atom. The molecule has 1 aromatic heterocycles. The fraction of sp³-hybridized carbons (Fsp3) is 0.706. The first-order valence-electron chi connectivity index (χ1n) is 9.48. The Hall–Kier alpha value is -1.49. The summed E-state index contributed by atoms with van der Waals surface area (Å²) in [6.45, 7) is 4.96. The van der Waals surface area contributed by atoms with E-state index in [1.54, 1.807) is 20.8 Å². The SMILES string of the molecule is CC(C)OC(=O)CCCO[P@@]1(=O)OC[C@H]2O[C@@H](n3ccc(N)nc3=O)[C@](C)(Cl)[C@@H]2O1. The quantitative estimate of drug-likeness (QED) is 0.275. The van der Waals surface area contributed by atoms with E-state index in [0.717, 1.165) is 0 Å². The molecule has 2 N–H and O–H groups in total. The first kappa shape index (κ1) is 23.2. The third kappa shape index (κ3) is 5.04. The Bertz CT molecular complexity index is 892. The molecule has 2 fully saturated rings. The van der Waals surface area contributed by atoms with Gasteiger partial charge in [-0.1, -0.05) is 0 Å². The highest BCUT2D eigenvalue weighted by atomic mass is 35.5. The topological polar surface area (TPSA) is 141 Å². The summed E-state index contributed by atoms with van der Waals surface area (Å²) in [5.41, 5.74) is 4.88. The normalized spacial score (nSPS) is 33.4. The Balaban J connectivity index is 1.62. The van der Waals surface area contributed by atoms with E-state index in [1.807, 2.05) is 0 Å². The number of phosphoric ester groups is 1. The van der Waals surface area contributed by atoms with Gasteiger partial charge in [-0.25, -0.2) is 9.36 Å². The fourth-order valence-electron chi connectivity index (χ4n) is 3.23. The molecule has 5 atom stereocenters. The lowest BCUT2D eigenvalue weighted by atomic mass is 10.0. The van der Waals surface area contributed by atoms with Crippen molar-refractivity contribution in [3.05, 3.63) is 22.7 Å². The number of fused-ring (bicyclic) bond motifs is 1. The second-order valence-electron chi connectivity index (χ2n) is 7.46. The molecular weight excluding hydrogens is 441 g/mol. The number of esters is 1. The number of hydrogen-bond donors (Lipinski definition) is 1. The summed E-state index contributed by atoms with van der Waals surface area (Å²) < 4.78 is 41.0. The third-order valence-electron chi connectivity index (χ3n) is 4.57. The van der Waals surface area contributed by atoms with Gasteiger partial charge in [-0.2, -0.15) is 4.98 Å². The number of alkyl halides is 1. The molecule has 0 aliphatic carbocycles. The average molecular weight is 466 g/mol. The highest BCUT2D eigenvalue weighted by molar-refractivity contribution is 7.48. The largest absolute Gasteiger partial charge is 0.475 e. The summed E-state index contributed by atoms with van der Waals surface area (Å²) in [5, 5.41) is 0. The van der Waals surface area contributed by atoms with Crippen LogP contribution < -0.4 is 11.4 Å². The fourth-order valence-corrected chi connectivity index (χ4v) is 5.15. The number of nitrogen functional groups attached to an aromatic ring is 1. The maximum absolute atomic E-state index is 12.8. The molecule has 0 amide bonds. The van der Waals surface area contributed by atoms with Gasteiger partial charge in [0.1, 0.15) is 22.9 Å². The van der Waals surface area contributed by atoms with Gasteiger partial charge in [-0.05, 0) is 33.3 Å². The molecule has 0 spiro atoms. The molecule has 0 saturated carbocycles. The van der Waals surface area contributed by atoms with E-state index in [0.29, 0.717) is 0 Å². The minimum Gasteiger partial charge on any atom is -0.463 e. The van der Waals surface area contributed by atoms with Crippen molar-refractivity contribution in [3.8, 4) is 0 Å². The van der Waals surface area contributed by atoms with Crippen molar-refractivity contribution in [2.75, 3.05) is 18.9 Å². The molecule has 3 rings (SSSR count). The van der Waals surface area contributed by atoms with Crippen LogP contribution in [0.3, 0.4) is 0 Å². The number of rotatable bonds is 7. The van der Waals surface area contributed by atoms with E-state index in [4.69, 9.17) is 40.4 Å². The van der Waals surface area contributed by atoms with Crippen molar-refractivity contribution in [3.63, 3.8) is 0 Å². The van der Waals surface area contributed by atoms with Gasteiger partial charge in [0.2, 0.25) is 0 Å². The minimum absolute atomic E-state index is 0.0352. The van der Waals surface area contributed by atoms with E-state index < -0.39 is 36.8 Å². The maximum Gasteiger partial charge on any atom is 0.475 e. The number of phosphoric acid groups is 1. The molecular formula is C17H25ClN3O8P. The van der Waals surface area contributed by atoms with Crippen molar-refractivity contribution in [2.24, 2.45) is 0 Å². The zero-order chi connectivity index (χ0) is 22.1. The molecule has 168 valence electrons. The van der Waals surface area contributed by atoms with Gasteiger partial charge in [-0.3, -0.25) is 22.9 Å². The lowest BCUT2D eigenvalue weighted by molar-refractivity contribution is -0.147. The van der Waals surface area contributed by atoms with Crippen molar-refractivity contribution in [1.29, 1.82) is 0 Å². The van der Waals surface area contributed by atoms with Crippen molar-refractivity contribution >= 4 is 31.2 Å². The van der Waals surface area contributed by atoms with Gasteiger partial charge in [0, 0.05) is 12.6 Å². The lowest BCUT2D eigenvalue weighted by Crippen LogP contribution is -2.45. The molecule has 0 aromatic carbocycles. The first-order chi connectivity index (χ1) is 14.0. The standard InChI is InChI=1S/C17H25ClN3O8P/c1-10(2)27-13(22)5-4-8-25-30(24)26-9-11-14(29-30)17(3,18)15(28-11)21-7-6-12(19)20-16(21)23/h6-7,10-11,14-15H,4-5,8-9H2,1-3H3,(H2,19,20,23)/t11-,14-,15-,17-,30+/m1/s1. The van der Waals surface area contributed by atoms with Crippen LogP contribution in [-0.4, -0.2) is 51.9 Å². The zero-order valence-corrected chi connectivity index (χ0v) is 18.5. The lowest BCUT2D eigenvalue weighted by Gasteiger charge is -2.34. The van der Waals surface area contributed by atoms with Crippen LogP contribution in [0.2, 0.25) is 0 Å². The van der Waals surface area contributed by atoms with Crippen molar-refractivity contribution < 1.29 is 32.4 Å². The second kappa shape index (κ2) is 8.94. The number of carbonyl (C=O) groups is 1.